The zero-order valence-corrected chi connectivity index (χ0v) is 13.5. The molecule has 1 atom stereocenters. The predicted molar refractivity (Wildman–Crippen MR) is 88.4 cm³/mol. The van der Waals surface area contributed by atoms with E-state index in [1.807, 2.05) is 6.07 Å². The Labute approximate surface area is 142 Å². The molecule has 0 fully saturated rings. The van der Waals surface area contributed by atoms with Crippen LogP contribution < -0.4 is 0 Å². The largest absolute Gasteiger partial charge is 0.458 e. The Morgan fingerprint density at radius 1 is 1.21 bits per heavy atom. The highest BCUT2D eigenvalue weighted by molar-refractivity contribution is 7.10. The second kappa shape index (κ2) is 6.49. The van der Waals surface area contributed by atoms with Crippen molar-refractivity contribution in [2.45, 2.75) is 12.8 Å². The van der Waals surface area contributed by atoms with Crippen molar-refractivity contribution in [1.82, 2.24) is 4.98 Å². The summed E-state index contributed by atoms with van der Waals surface area (Å²) >= 11 is 1.26. The smallest absolute Gasteiger partial charge is 0.222 e. The van der Waals surface area contributed by atoms with Crippen LogP contribution in [0.25, 0.3) is 11.3 Å². The molecule has 0 aliphatic heterocycles. The zero-order valence-electron chi connectivity index (χ0n) is 12.7. The summed E-state index contributed by atoms with van der Waals surface area (Å²) in [6, 6.07) is 14.3. The van der Waals surface area contributed by atoms with E-state index in [4.69, 9.17) is 9.68 Å². The third-order valence-electron chi connectivity index (χ3n) is 3.45. The van der Waals surface area contributed by atoms with Crippen molar-refractivity contribution >= 4 is 17.1 Å². The molecule has 0 saturated carbocycles. The van der Waals surface area contributed by atoms with E-state index in [2.05, 4.69) is 11.1 Å². The van der Waals surface area contributed by atoms with Gasteiger partial charge < -0.3 is 4.42 Å². The highest BCUT2D eigenvalue weighted by Gasteiger charge is 2.27. The van der Waals surface area contributed by atoms with E-state index in [0.717, 1.165) is 5.56 Å². The monoisotopic (exact) mass is 333 g/mol. The van der Waals surface area contributed by atoms with Crippen molar-refractivity contribution in [3.8, 4) is 23.4 Å². The van der Waals surface area contributed by atoms with E-state index in [1.165, 1.54) is 11.3 Å². The van der Waals surface area contributed by atoms with Gasteiger partial charge >= 0.3 is 0 Å². The van der Waals surface area contributed by atoms with Crippen molar-refractivity contribution in [2.75, 3.05) is 0 Å². The van der Waals surface area contributed by atoms with Crippen molar-refractivity contribution in [2.24, 2.45) is 0 Å². The summed E-state index contributed by atoms with van der Waals surface area (Å²) in [6.45, 7) is 1.74. The lowest BCUT2D eigenvalue weighted by molar-refractivity contribution is 0.0950. The Kier molecular flexibility index (Phi) is 4.24. The first-order valence-electron chi connectivity index (χ1n) is 7.08. The second-order valence-electron chi connectivity index (χ2n) is 5.10. The van der Waals surface area contributed by atoms with Gasteiger partial charge in [0.15, 0.2) is 11.7 Å². The van der Waals surface area contributed by atoms with Gasteiger partial charge in [0.1, 0.15) is 10.8 Å². The summed E-state index contributed by atoms with van der Waals surface area (Å²) in [5, 5.41) is 20.4. The van der Waals surface area contributed by atoms with Crippen LogP contribution in [0.1, 0.15) is 32.8 Å². The number of carbonyl (C=O) groups is 1. The van der Waals surface area contributed by atoms with Crippen LogP contribution in [0.15, 0.2) is 46.2 Å². The van der Waals surface area contributed by atoms with Gasteiger partial charge in [0, 0.05) is 10.9 Å². The van der Waals surface area contributed by atoms with Crippen LogP contribution in [0.5, 0.6) is 0 Å². The van der Waals surface area contributed by atoms with E-state index in [-0.39, 0.29) is 5.76 Å². The van der Waals surface area contributed by atoms with Gasteiger partial charge in [0.2, 0.25) is 5.78 Å². The summed E-state index contributed by atoms with van der Waals surface area (Å²) in [7, 11) is 0. The van der Waals surface area contributed by atoms with Crippen LogP contribution in [0.2, 0.25) is 0 Å². The Hall–Kier alpha value is -3.22. The third kappa shape index (κ3) is 2.96. The summed E-state index contributed by atoms with van der Waals surface area (Å²) in [4.78, 5) is 16.8. The van der Waals surface area contributed by atoms with E-state index < -0.39 is 11.7 Å². The summed E-state index contributed by atoms with van der Waals surface area (Å²) in [5.41, 5.74) is 2.06. The molecular formula is C18H11N3O2S. The molecular weight excluding hydrogens is 322 g/mol. The van der Waals surface area contributed by atoms with Crippen molar-refractivity contribution in [1.29, 1.82) is 10.5 Å². The molecule has 0 N–H and O–H groups in total. The molecule has 1 aromatic carbocycles. The lowest BCUT2D eigenvalue weighted by Crippen LogP contribution is -2.10. The lowest BCUT2D eigenvalue weighted by Gasteiger charge is -2.02. The number of hydrogen-bond acceptors (Lipinski definition) is 6. The number of furan rings is 1. The van der Waals surface area contributed by atoms with E-state index in [0.29, 0.717) is 22.0 Å². The van der Waals surface area contributed by atoms with Gasteiger partial charge in [-0.05, 0) is 31.2 Å². The van der Waals surface area contributed by atoms with Crippen molar-refractivity contribution < 1.29 is 9.21 Å². The zero-order chi connectivity index (χ0) is 17.1. The Balaban J connectivity index is 1.89. The average Bonchev–Trinajstić information content (AvgIpc) is 3.25. The normalized spacial score (nSPS) is 11.5. The number of rotatable bonds is 4. The molecule has 3 aromatic rings. The van der Waals surface area contributed by atoms with E-state index in [9.17, 15) is 10.1 Å². The first-order chi connectivity index (χ1) is 11.6. The maximum Gasteiger partial charge on any atom is 0.222 e. The molecule has 24 heavy (non-hydrogen) atoms. The van der Waals surface area contributed by atoms with Gasteiger partial charge in [-0.2, -0.15) is 10.5 Å². The lowest BCUT2D eigenvalue weighted by atomic mass is 10.0. The number of nitrogens with zero attached hydrogens (tertiary/aromatic N) is 3. The fourth-order valence-electron chi connectivity index (χ4n) is 2.20. The molecule has 2 aromatic heterocycles. The molecule has 116 valence electrons. The van der Waals surface area contributed by atoms with Gasteiger partial charge in [0.05, 0.1) is 23.4 Å². The van der Waals surface area contributed by atoms with Crippen molar-refractivity contribution in [3.63, 3.8) is 0 Å². The fraction of sp³-hybridized carbons (Fsp3) is 0.111. The third-order valence-corrected chi connectivity index (χ3v) is 4.36. The van der Waals surface area contributed by atoms with Crippen LogP contribution in [-0.4, -0.2) is 10.8 Å². The van der Waals surface area contributed by atoms with Crippen LogP contribution in [0, 0.1) is 29.6 Å². The minimum absolute atomic E-state index is 0.161. The maximum atomic E-state index is 12.4. The Morgan fingerprint density at radius 2 is 1.96 bits per heavy atom. The van der Waals surface area contributed by atoms with Gasteiger partial charge in [0.25, 0.3) is 0 Å². The van der Waals surface area contributed by atoms with Crippen LogP contribution >= 0.6 is 11.3 Å². The van der Waals surface area contributed by atoms with Crippen LogP contribution in [-0.2, 0) is 0 Å². The standard InChI is InChI=1S/C18H11N3O2S/c1-11-2-7-16(23-11)17(22)14(9-20)18-21-15(10-24-18)13-5-3-12(8-19)4-6-13/h2-7,10,14H,1H3/t14-/m1/s1. The molecule has 0 saturated heterocycles. The number of carbonyl (C=O) groups excluding carboxylic acids is 1. The Bertz CT molecular complexity index is 971. The SMILES string of the molecule is Cc1ccc(C(=O)[C@@H](C#N)c2nc(-c3ccc(C#N)cc3)cs2)o1. The quantitative estimate of drug-likeness (QED) is 0.671. The highest BCUT2D eigenvalue weighted by atomic mass is 32.1. The number of benzene rings is 1. The molecule has 0 aliphatic rings. The van der Waals surface area contributed by atoms with Gasteiger partial charge in [-0.1, -0.05) is 12.1 Å². The van der Waals surface area contributed by atoms with Crippen LogP contribution in [0.3, 0.4) is 0 Å². The first-order valence-corrected chi connectivity index (χ1v) is 7.96. The number of Topliss-reactive ketones (excluding diaryl/α,β-unsaturated/α-hetero) is 1. The molecule has 0 radical (unpaired) electrons. The van der Waals surface area contributed by atoms with Gasteiger partial charge in [-0.15, -0.1) is 11.3 Å². The first kappa shape index (κ1) is 15.7. The summed E-state index contributed by atoms with van der Waals surface area (Å²) < 4.78 is 5.31. The number of thiazole rings is 1. The molecule has 0 aliphatic carbocycles. The summed E-state index contributed by atoms with van der Waals surface area (Å²) in [6.07, 6.45) is 0. The maximum absolute atomic E-state index is 12.4. The number of aromatic nitrogens is 1. The van der Waals surface area contributed by atoms with E-state index >= 15 is 0 Å². The number of ketones is 1. The predicted octanol–water partition coefficient (Wildman–Crippen LogP) is 4.07. The molecule has 0 amide bonds. The fourth-order valence-corrected chi connectivity index (χ4v) is 3.07. The van der Waals surface area contributed by atoms with Crippen molar-refractivity contribution in [3.05, 3.63) is 63.9 Å². The van der Waals surface area contributed by atoms with E-state index in [1.54, 1.807) is 48.7 Å². The van der Waals surface area contributed by atoms with Gasteiger partial charge in [-0.25, -0.2) is 4.98 Å². The van der Waals surface area contributed by atoms with Crippen LogP contribution in [0.4, 0.5) is 0 Å². The molecule has 0 unspecified atom stereocenters. The molecule has 2 heterocycles. The minimum Gasteiger partial charge on any atom is -0.458 e. The molecule has 6 heteroatoms. The molecule has 5 nitrogen and oxygen atoms in total. The minimum atomic E-state index is -0.993. The number of hydrogen-bond donors (Lipinski definition) is 0. The molecule has 3 rings (SSSR count). The molecule has 0 spiro atoms. The molecule has 0 bridgehead atoms. The highest BCUT2D eigenvalue weighted by Crippen LogP contribution is 2.29. The number of aryl methyl sites for hydroxylation is 1. The average molecular weight is 333 g/mol. The summed E-state index contributed by atoms with van der Waals surface area (Å²) in [5.74, 6) is -0.611. The second-order valence-corrected chi connectivity index (χ2v) is 5.99. The topological polar surface area (TPSA) is 90.7 Å². The Morgan fingerprint density at radius 3 is 2.54 bits per heavy atom. The number of nitriles is 2. The van der Waals surface area contributed by atoms with Gasteiger partial charge in [-0.3, -0.25) is 4.79 Å².